The molecule has 9 heteroatoms. The predicted molar refractivity (Wildman–Crippen MR) is 135 cm³/mol. The van der Waals surface area contributed by atoms with Crippen molar-refractivity contribution in [3.8, 4) is 5.75 Å². The van der Waals surface area contributed by atoms with Crippen LogP contribution in [0.4, 0.5) is 11.4 Å². The zero-order chi connectivity index (χ0) is 24.9. The predicted octanol–water partition coefficient (Wildman–Crippen LogP) is 4.81. The number of ether oxygens (including phenoxy) is 2. The Labute approximate surface area is 202 Å². The van der Waals surface area contributed by atoms with Crippen molar-refractivity contribution in [3.05, 3.63) is 71.1 Å². The monoisotopic (exact) mass is 478 g/mol. The molecule has 35 heavy (non-hydrogen) atoms. The molecule has 0 unspecified atom stereocenters. The lowest BCUT2D eigenvalue weighted by Crippen LogP contribution is -2.12. The maximum atomic E-state index is 13.0. The van der Waals surface area contributed by atoms with Gasteiger partial charge in [0, 0.05) is 47.7 Å². The van der Waals surface area contributed by atoms with E-state index in [2.05, 4.69) is 9.88 Å². The van der Waals surface area contributed by atoms with Crippen molar-refractivity contribution >= 4 is 39.0 Å². The number of esters is 1. The van der Waals surface area contributed by atoms with Crippen LogP contribution in [0, 0.1) is 12.1 Å². The van der Waals surface area contributed by atoms with Gasteiger partial charge in [-0.05, 0) is 43.7 Å². The van der Waals surface area contributed by atoms with E-state index in [4.69, 9.17) is 14.7 Å². The summed E-state index contributed by atoms with van der Waals surface area (Å²) >= 11 is 0. The highest BCUT2D eigenvalue weighted by Crippen LogP contribution is 2.37. The van der Waals surface area contributed by atoms with Gasteiger partial charge in [-0.1, -0.05) is 24.3 Å². The number of fused-ring (bicyclic) bond motifs is 3. The molecule has 0 radical (unpaired) electrons. The number of benzene rings is 3. The van der Waals surface area contributed by atoms with Crippen LogP contribution in [0.5, 0.6) is 5.75 Å². The molecule has 4 rings (SSSR count). The molecule has 3 N–H and O–H groups in total. The average molecular weight is 479 g/mol. The van der Waals surface area contributed by atoms with Gasteiger partial charge in [0.25, 0.3) is 0 Å². The molecular weight excluding hydrogens is 450 g/mol. The molecule has 3 aromatic carbocycles. The van der Waals surface area contributed by atoms with Crippen molar-refractivity contribution in [1.29, 1.82) is 0 Å². The first-order chi connectivity index (χ1) is 16.9. The molecule has 0 aliphatic rings. The van der Waals surface area contributed by atoms with Crippen LogP contribution < -0.4 is 10.5 Å². The van der Waals surface area contributed by atoms with Crippen LogP contribution in [0.25, 0.3) is 21.7 Å². The summed E-state index contributed by atoms with van der Waals surface area (Å²) in [7, 11) is 1.54. The molecule has 0 aliphatic heterocycles. The molecule has 0 amide bonds. The maximum Gasteiger partial charge on any atom is 0.340 e. The number of phenolic OH excluding ortho intramolecular Hbond substituents is 1. The Hall–Kier alpha value is -3.79. The van der Waals surface area contributed by atoms with Gasteiger partial charge in [-0.3, -0.25) is 5.21 Å². The third-order valence-corrected chi connectivity index (χ3v) is 6.00. The Morgan fingerprint density at radius 2 is 1.80 bits per heavy atom. The summed E-state index contributed by atoms with van der Waals surface area (Å²) in [4.78, 5) is 13.0. The largest absolute Gasteiger partial charge is 0.733 e. The molecular formula is C26H28N3O6-. The number of aromatic hydroxyl groups is 1. The highest BCUT2D eigenvalue weighted by atomic mass is 16.8. The molecule has 1 aromatic heterocycles. The maximum absolute atomic E-state index is 13.0. The number of anilines is 2. The Bertz CT molecular complexity index is 1330. The summed E-state index contributed by atoms with van der Waals surface area (Å²) in [6, 6.07) is 15.7. The number of nitrogens with one attached hydrogen (secondary N) is 1. The molecule has 0 fully saturated rings. The standard InChI is InChI=1S/C26H28N3O6/c1-17-24(26(31)35-15-14-34-2)22-16-23(30)20-6-3-4-7-21(20)25(22)28(17)13-5-12-27-18-8-10-19(11-9-18)29(32)33/h3-4,6-11,16,27,30,32H,5,12-15H2,1-2H3/q-1. The second-order valence-electron chi connectivity index (χ2n) is 8.18. The Morgan fingerprint density at radius 3 is 2.49 bits per heavy atom. The van der Waals surface area contributed by atoms with E-state index >= 15 is 0 Å². The summed E-state index contributed by atoms with van der Waals surface area (Å²) < 4.78 is 12.5. The van der Waals surface area contributed by atoms with Crippen LogP contribution in [0.3, 0.4) is 0 Å². The number of aryl methyl sites for hydroxylation is 1. The first-order valence-corrected chi connectivity index (χ1v) is 11.3. The lowest BCUT2D eigenvalue weighted by atomic mass is 10.0. The van der Waals surface area contributed by atoms with Gasteiger partial charge in [0.2, 0.25) is 0 Å². The van der Waals surface area contributed by atoms with E-state index in [0.29, 0.717) is 36.0 Å². The summed E-state index contributed by atoms with van der Waals surface area (Å²) in [5.74, 6) is -0.340. The van der Waals surface area contributed by atoms with E-state index in [1.807, 2.05) is 31.2 Å². The summed E-state index contributed by atoms with van der Waals surface area (Å²) in [5.41, 5.74) is 3.05. The minimum Gasteiger partial charge on any atom is -0.733 e. The van der Waals surface area contributed by atoms with Gasteiger partial charge in [-0.15, -0.1) is 0 Å². The third-order valence-electron chi connectivity index (χ3n) is 6.00. The van der Waals surface area contributed by atoms with Gasteiger partial charge in [0.15, 0.2) is 0 Å². The fourth-order valence-electron chi connectivity index (χ4n) is 4.32. The van der Waals surface area contributed by atoms with E-state index < -0.39 is 5.97 Å². The number of phenols is 1. The molecule has 0 aliphatic carbocycles. The summed E-state index contributed by atoms with van der Waals surface area (Å²) in [6.07, 6.45) is 0.743. The quantitative estimate of drug-likeness (QED) is 0.169. The van der Waals surface area contributed by atoms with Gasteiger partial charge in [-0.25, -0.2) is 4.79 Å². The third kappa shape index (κ3) is 5.02. The van der Waals surface area contributed by atoms with Crippen LogP contribution in [0.15, 0.2) is 54.6 Å². The zero-order valence-corrected chi connectivity index (χ0v) is 19.7. The van der Waals surface area contributed by atoms with Crippen LogP contribution in [-0.4, -0.2) is 47.7 Å². The van der Waals surface area contributed by atoms with Crippen LogP contribution in [0.2, 0.25) is 0 Å². The second-order valence-corrected chi connectivity index (χ2v) is 8.18. The molecule has 184 valence electrons. The fraction of sp³-hybridized carbons (Fsp3) is 0.269. The number of methoxy groups -OCH3 is 1. The number of hydrogen-bond acceptors (Lipinski definition) is 8. The highest BCUT2D eigenvalue weighted by Gasteiger charge is 2.23. The summed E-state index contributed by atoms with van der Waals surface area (Å²) in [5, 5.41) is 35.9. The normalized spacial score (nSPS) is 11.2. The van der Waals surface area contributed by atoms with E-state index in [-0.39, 0.29) is 23.3 Å². The molecule has 9 nitrogen and oxygen atoms in total. The topological polar surface area (TPSA) is 119 Å². The second kappa shape index (κ2) is 10.6. The number of carbonyl (C=O) groups is 1. The van der Waals surface area contributed by atoms with Crippen LogP contribution in [0.1, 0.15) is 22.5 Å². The Balaban J connectivity index is 1.62. The van der Waals surface area contributed by atoms with Gasteiger partial charge >= 0.3 is 5.97 Å². The van der Waals surface area contributed by atoms with E-state index in [1.165, 1.54) is 12.1 Å². The minimum atomic E-state index is -0.451. The molecule has 0 saturated heterocycles. The molecule has 0 spiro atoms. The fourth-order valence-corrected chi connectivity index (χ4v) is 4.32. The van der Waals surface area contributed by atoms with Crippen LogP contribution in [-0.2, 0) is 16.0 Å². The zero-order valence-electron chi connectivity index (χ0n) is 19.7. The van der Waals surface area contributed by atoms with Gasteiger partial charge in [0.1, 0.15) is 12.4 Å². The number of hydrogen-bond donors (Lipinski definition) is 3. The minimum absolute atomic E-state index is 0.112. The van der Waals surface area contributed by atoms with Crippen LogP contribution >= 0.6 is 0 Å². The number of nitrogens with zero attached hydrogens (tertiary/aromatic N) is 2. The molecule has 1 heterocycles. The lowest BCUT2D eigenvalue weighted by Gasteiger charge is -2.21. The van der Waals surface area contributed by atoms with Crippen molar-refractivity contribution in [3.63, 3.8) is 0 Å². The number of rotatable bonds is 10. The average Bonchev–Trinajstić information content (AvgIpc) is 3.13. The molecule has 4 aromatic rings. The highest BCUT2D eigenvalue weighted by molar-refractivity contribution is 6.16. The Kier molecular flexibility index (Phi) is 7.40. The molecule has 0 bridgehead atoms. The van der Waals surface area contributed by atoms with Gasteiger partial charge in [-0.2, -0.15) is 0 Å². The van der Waals surface area contributed by atoms with Gasteiger partial charge < -0.3 is 34.9 Å². The first-order valence-electron chi connectivity index (χ1n) is 11.3. The van der Waals surface area contributed by atoms with E-state index in [0.717, 1.165) is 28.7 Å². The van der Waals surface area contributed by atoms with Crippen molar-refractivity contribution in [2.75, 3.05) is 37.4 Å². The van der Waals surface area contributed by atoms with E-state index in [9.17, 15) is 15.1 Å². The lowest BCUT2D eigenvalue weighted by molar-refractivity contribution is 0.0389. The SMILES string of the molecule is COCCOC(=O)c1c(C)n(CCCNc2ccc(N([O-])O)cc2)c2c1cc(O)c1ccccc12. The van der Waals surface area contributed by atoms with Gasteiger partial charge in [0.05, 0.1) is 23.4 Å². The Morgan fingerprint density at radius 1 is 1.09 bits per heavy atom. The number of aromatic nitrogens is 1. The van der Waals surface area contributed by atoms with Crippen molar-refractivity contribution in [1.82, 2.24) is 4.57 Å². The number of carbonyl (C=O) groups excluding carboxylic acids is 1. The summed E-state index contributed by atoms with van der Waals surface area (Å²) in [6.45, 7) is 3.59. The van der Waals surface area contributed by atoms with Crippen molar-refractivity contribution in [2.45, 2.75) is 19.9 Å². The van der Waals surface area contributed by atoms with E-state index in [1.54, 1.807) is 25.3 Å². The van der Waals surface area contributed by atoms with Crippen molar-refractivity contribution in [2.24, 2.45) is 0 Å². The smallest absolute Gasteiger partial charge is 0.340 e. The first kappa shape index (κ1) is 24.3. The molecule has 0 saturated carbocycles. The van der Waals surface area contributed by atoms with Crippen molar-refractivity contribution < 1.29 is 24.6 Å². The molecule has 0 atom stereocenters.